The van der Waals surface area contributed by atoms with Crippen molar-refractivity contribution >= 4 is 38.2 Å². The van der Waals surface area contributed by atoms with E-state index in [0.717, 1.165) is 11.3 Å². The molecule has 194 valence electrons. The SMILES string of the molecule is O=C(O)c1ccc(Oc2cnc(NC(=O)C(OC3CCOC3)c3ccc(S(=O)(=O)C4CC4)cc3)s2)cc1. The molecule has 12 heteroatoms. The van der Waals surface area contributed by atoms with Crippen LogP contribution in [0.2, 0.25) is 0 Å². The number of aromatic carboxylic acids is 1. The van der Waals surface area contributed by atoms with Crippen molar-refractivity contribution in [2.75, 3.05) is 18.5 Å². The lowest BCUT2D eigenvalue weighted by molar-refractivity contribution is -0.131. The van der Waals surface area contributed by atoms with Gasteiger partial charge in [-0.1, -0.05) is 23.5 Å². The molecule has 5 rings (SSSR count). The highest BCUT2D eigenvalue weighted by molar-refractivity contribution is 7.92. The van der Waals surface area contributed by atoms with E-state index in [9.17, 15) is 18.0 Å². The number of carboxylic acid groups (broad SMARTS) is 1. The molecule has 2 unspecified atom stereocenters. The third kappa shape index (κ3) is 5.99. The quantitative estimate of drug-likeness (QED) is 0.386. The van der Waals surface area contributed by atoms with E-state index in [1.807, 2.05) is 0 Å². The van der Waals surface area contributed by atoms with Crippen molar-refractivity contribution in [3.8, 4) is 10.8 Å². The number of ether oxygens (including phenoxy) is 3. The Bertz CT molecular complexity index is 1380. The zero-order valence-electron chi connectivity index (χ0n) is 19.5. The molecule has 1 saturated heterocycles. The second kappa shape index (κ2) is 10.6. The normalized spacial score (nSPS) is 18.3. The molecule has 10 nitrogen and oxygen atoms in total. The van der Waals surface area contributed by atoms with Crippen molar-refractivity contribution in [3.63, 3.8) is 0 Å². The summed E-state index contributed by atoms with van der Waals surface area (Å²) in [5.41, 5.74) is 0.659. The van der Waals surface area contributed by atoms with Crippen LogP contribution >= 0.6 is 11.3 Å². The van der Waals surface area contributed by atoms with Crippen molar-refractivity contribution in [3.05, 3.63) is 65.9 Å². The first-order chi connectivity index (χ1) is 17.8. The predicted molar refractivity (Wildman–Crippen MR) is 134 cm³/mol. The molecule has 1 amide bonds. The van der Waals surface area contributed by atoms with E-state index in [4.69, 9.17) is 19.3 Å². The minimum atomic E-state index is -3.34. The predicted octanol–water partition coefficient (Wildman–Crippen LogP) is 4.06. The number of amides is 1. The van der Waals surface area contributed by atoms with Crippen LogP contribution < -0.4 is 10.1 Å². The van der Waals surface area contributed by atoms with E-state index >= 15 is 0 Å². The number of thiazole rings is 1. The number of hydrogen-bond donors (Lipinski definition) is 2. The second-order valence-corrected chi connectivity index (χ2v) is 11.9. The fourth-order valence-electron chi connectivity index (χ4n) is 3.82. The molecule has 1 aliphatic heterocycles. The number of carboxylic acids is 1. The molecular weight excluding hydrogens is 520 g/mol. The number of hydrogen-bond acceptors (Lipinski definition) is 9. The Balaban J connectivity index is 1.29. The van der Waals surface area contributed by atoms with E-state index in [-0.39, 0.29) is 26.9 Å². The Hall–Kier alpha value is -3.32. The largest absolute Gasteiger partial charge is 0.478 e. The highest BCUT2D eigenvalue weighted by Crippen LogP contribution is 2.35. The fraction of sp³-hybridized carbons (Fsp3) is 0.320. The van der Waals surface area contributed by atoms with Crippen molar-refractivity contribution < 1.29 is 37.3 Å². The molecule has 0 bridgehead atoms. The molecule has 37 heavy (non-hydrogen) atoms. The third-order valence-electron chi connectivity index (χ3n) is 5.96. The van der Waals surface area contributed by atoms with Crippen LogP contribution in [0.4, 0.5) is 5.13 Å². The first kappa shape index (κ1) is 25.3. The maximum Gasteiger partial charge on any atom is 0.335 e. The van der Waals surface area contributed by atoms with Gasteiger partial charge in [-0.05, 0) is 61.2 Å². The van der Waals surface area contributed by atoms with Crippen LogP contribution in [0, 0.1) is 0 Å². The number of nitrogens with one attached hydrogen (secondary N) is 1. The number of carbonyl (C=O) groups is 2. The summed E-state index contributed by atoms with van der Waals surface area (Å²) >= 11 is 1.10. The number of benzene rings is 2. The van der Waals surface area contributed by atoms with Gasteiger partial charge in [0.15, 0.2) is 21.1 Å². The summed E-state index contributed by atoms with van der Waals surface area (Å²) in [5.74, 6) is -1.07. The molecule has 3 aromatic rings. The standard InChI is InChI=1S/C25H24N2O8S2/c28-23(27-25-26-13-21(36-25)34-17-5-1-16(2-6-17)24(29)30)22(35-18-11-12-33-14-18)15-3-7-19(8-4-15)37(31,32)20-9-10-20/h1-8,13,18,20,22H,9-12,14H2,(H,29,30)(H,26,27,28). The number of aromatic nitrogens is 1. The van der Waals surface area contributed by atoms with Crippen LogP contribution in [0.5, 0.6) is 10.8 Å². The molecule has 2 fully saturated rings. The molecule has 2 aliphatic rings. The van der Waals surface area contributed by atoms with Gasteiger partial charge in [0.2, 0.25) is 5.06 Å². The molecule has 2 atom stereocenters. The lowest BCUT2D eigenvalue weighted by Gasteiger charge is -2.21. The van der Waals surface area contributed by atoms with E-state index < -0.39 is 27.8 Å². The number of rotatable bonds is 10. The molecule has 2 heterocycles. The van der Waals surface area contributed by atoms with Crippen LogP contribution in [-0.2, 0) is 24.1 Å². The summed E-state index contributed by atoms with van der Waals surface area (Å²) < 4.78 is 42.2. The molecule has 1 aromatic heterocycles. The second-order valence-electron chi connectivity index (χ2n) is 8.72. The smallest absolute Gasteiger partial charge is 0.335 e. The van der Waals surface area contributed by atoms with Gasteiger partial charge in [0.1, 0.15) is 5.75 Å². The van der Waals surface area contributed by atoms with Gasteiger partial charge in [-0.25, -0.2) is 18.2 Å². The highest BCUT2D eigenvalue weighted by Gasteiger charge is 2.37. The minimum Gasteiger partial charge on any atom is -0.478 e. The summed E-state index contributed by atoms with van der Waals surface area (Å²) in [4.78, 5) is 28.7. The van der Waals surface area contributed by atoms with Crippen molar-refractivity contribution in [1.29, 1.82) is 0 Å². The van der Waals surface area contributed by atoms with Crippen LogP contribution in [0.25, 0.3) is 0 Å². The van der Waals surface area contributed by atoms with Crippen molar-refractivity contribution in [1.82, 2.24) is 4.98 Å². The summed E-state index contributed by atoms with van der Waals surface area (Å²) in [7, 11) is -3.34. The van der Waals surface area contributed by atoms with Gasteiger partial charge in [0, 0.05) is 6.61 Å². The van der Waals surface area contributed by atoms with Gasteiger partial charge in [-0.3, -0.25) is 10.1 Å². The van der Waals surface area contributed by atoms with Crippen LogP contribution in [0.1, 0.15) is 41.3 Å². The molecule has 0 spiro atoms. The third-order valence-corrected chi connectivity index (χ3v) is 9.03. The number of nitrogens with zero attached hydrogens (tertiary/aromatic N) is 1. The average molecular weight is 545 g/mol. The Labute approximate surface area is 217 Å². The fourth-order valence-corrected chi connectivity index (χ4v) is 6.17. The topological polar surface area (TPSA) is 141 Å². The summed E-state index contributed by atoms with van der Waals surface area (Å²) in [5, 5.41) is 12.1. The lowest BCUT2D eigenvalue weighted by atomic mass is 10.1. The molecule has 2 N–H and O–H groups in total. The Morgan fingerprint density at radius 3 is 2.43 bits per heavy atom. The van der Waals surface area contributed by atoms with Gasteiger partial charge in [0.05, 0.1) is 34.6 Å². The summed E-state index contributed by atoms with van der Waals surface area (Å²) in [6, 6.07) is 12.2. The number of sulfone groups is 1. The first-order valence-corrected chi connectivity index (χ1v) is 14.0. The first-order valence-electron chi connectivity index (χ1n) is 11.6. The Morgan fingerprint density at radius 2 is 1.81 bits per heavy atom. The van der Waals surface area contributed by atoms with E-state index in [2.05, 4.69) is 10.3 Å². The summed E-state index contributed by atoms with van der Waals surface area (Å²) in [6.07, 6.45) is 2.17. The van der Waals surface area contributed by atoms with Crippen LogP contribution in [0.3, 0.4) is 0 Å². The van der Waals surface area contributed by atoms with Gasteiger partial charge >= 0.3 is 5.97 Å². The van der Waals surface area contributed by atoms with Gasteiger partial charge in [-0.2, -0.15) is 0 Å². The molecule has 1 aliphatic carbocycles. The minimum absolute atomic E-state index is 0.140. The summed E-state index contributed by atoms with van der Waals surface area (Å²) in [6.45, 7) is 0.909. The number of anilines is 1. The van der Waals surface area contributed by atoms with E-state index in [0.29, 0.717) is 48.9 Å². The van der Waals surface area contributed by atoms with Crippen LogP contribution in [0.15, 0.2) is 59.6 Å². The number of carbonyl (C=O) groups excluding carboxylic acids is 1. The van der Waals surface area contributed by atoms with E-state index in [1.54, 1.807) is 12.1 Å². The van der Waals surface area contributed by atoms with Crippen LogP contribution in [-0.4, -0.2) is 55.0 Å². The highest BCUT2D eigenvalue weighted by atomic mass is 32.2. The Morgan fingerprint density at radius 1 is 1.08 bits per heavy atom. The van der Waals surface area contributed by atoms with Crippen molar-refractivity contribution in [2.24, 2.45) is 0 Å². The molecule has 0 radical (unpaired) electrons. The monoisotopic (exact) mass is 544 g/mol. The maximum absolute atomic E-state index is 13.2. The maximum atomic E-state index is 13.2. The van der Waals surface area contributed by atoms with Gasteiger partial charge < -0.3 is 19.3 Å². The van der Waals surface area contributed by atoms with Gasteiger partial charge in [0.25, 0.3) is 5.91 Å². The zero-order valence-corrected chi connectivity index (χ0v) is 21.2. The average Bonchev–Trinajstić information content (AvgIpc) is 3.47. The molecule has 2 aromatic carbocycles. The zero-order chi connectivity index (χ0) is 26.0. The molecule has 1 saturated carbocycles. The van der Waals surface area contributed by atoms with Crippen molar-refractivity contribution in [2.45, 2.75) is 41.6 Å². The van der Waals surface area contributed by atoms with Gasteiger partial charge in [-0.15, -0.1) is 0 Å². The molecular formula is C25H24N2O8S2. The Kier molecular flexibility index (Phi) is 7.24. The van der Waals surface area contributed by atoms with E-state index in [1.165, 1.54) is 42.6 Å². The lowest BCUT2D eigenvalue weighted by Crippen LogP contribution is -2.28.